The van der Waals surface area contributed by atoms with Crippen molar-refractivity contribution in [2.24, 2.45) is 0 Å². The van der Waals surface area contributed by atoms with Crippen LogP contribution >= 0.6 is 0 Å². The smallest absolute Gasteiger partial charge is 0.362 e. The molecule has 0 aromatic rings. The van der Waals surface area contributed by atoms with Crippen LogP contribution in [0.25, 0.3) is 0 Å². The van der Waals surface area contributed by atoms with Gasteiger partial charge in [-0.15, -0.1) is 0 Å². The average Bonchev–Trinajstić information content (AvgIpc) is 3.08. The molecule has 2 atom stereocenters. The lowest BCUT2D eigenvalue weighted by atomic mass is 10.1. The number of ether oxygens (including phenoxy) is 3. The molecule has 0 radical (unpaired) electrons. The highest BCUT2D eigenvalue weighted by atomic mass is 16.6. The highest BCUT2D eigenvalue weighted by molar-refractivity contribution is 5.72. The van der Waals surface area contributed by atoms with Gasteiger partial charge in [0, 0.05) is 19.3 Å². The van der Waals surface area contributed by atoms with Crippen molar-refractivity contribution in [1.29, 1.82) is 0 Å². The summed E-state index contributed by atoms with van der Waals surface area (Å²) < 4.78 is 17.0. The number of carbonyl (C=O) groups is 3. The number of quaternary nitrogens is 1. The summed E-state index contributed by atoms with van der Waals surface area (Å²) in [5.74, 6) is -1.66. The molecule has 0 aliphatic carbocycles. The largest absolute Gasteiger partial charge is 0.477 e. The number of hydrogen-bond donors (Lipinski definition) is 1. The minimum Gasteiger partial charge on any atom is -0.477 e. The van der Waals surface area contributed by atoms with E-state index in [4.69, 9.17) is 14.2 Å². The minimum atomic E-state index is -0.896. The van der Waals surface area contributed by atoms with Crippen molar-refractivity contribution in [3.8, 4) is 0 Å². The molecule has 8 nitrogen and oxygen atoms in total. The van der Waals surface area contributed by atoms with E-state index < -0.39 is 24.1 Å². The predicted octanol–water partition coefficient (Wildman–Crippen LogP) is 9.79. The molecule has 0 amide bonds. The topological polar surface area (TPSA) is 99.1 Å². The summed E-state index contributed by atoms with van der Waals surface area (Å²) in [5, 5.41) is 9.57. The van der Waals surface area contributed by atoms with E-state index in [0.717, 1.165) is 51.4 Å². The number of hydrogen-bond acceptors (Lipinski definition) is 6. The highest BCUT2D eigenvalue weighted by Crippen LogP contribution is 2.10. The van der Waals surface area contributed by atoms with E-state index in [0.29, 0.717) is 19.3 Å². The Kier molecular flexibility index (Phi) is 31.3. The van der Waals surface area contributed by atoms with Gasteiger partial charge in [0.15, 0.2) is 12.1 Å². The van der Waals surface area contributed by atoms with Gasteiger partial charge in [-0.1, -0.05) is 118 Å². The lowest BCUT2D eigenvalue weighted by Crippen LogP contribution is -2.50. The van der Waals surface area contributed by atoms with Crippen molar-refractivity contribution < 1.29 is 38.2 Å². The summed E-state index contributed by atoms with van der Waals surface area (Å²) >= 11 is 0. The Hall–Kier alpha value is -3.49. The maximum Gasteiger partial charge on any atom is 0.362 e. The number of carboxylic acid groups (broad SMARTS) is 1. The van der Waals surface area contributed by atoms with Crippen LogP contribution in [0.1, 0.15) is 117 Å². The summed E-state index contributed by atoms with van der Waals surface area (Å²) in [6.07, 6.45) is 42.4. The fraction of sp³-hybridized carbons (Fsp3) is 0.605. The van der Waals surface area contributed by atoms with Gasteiger partial charge in [0.05, 0.1) is 34.4 Å². The van der Waals surface area contributed by atoms with Crippen LogP contribution < -0.4 is 0 Å². The first-order valence-corrected chi connectivity index (χ1v) is 19.1. The Morgan fingerprint density at radius 2 is 1.10 bits per heavy atom. The number of carboxylic acids is 1. The standard InChI is InChI=1S/C43H69NO7/c1-6-8-10-12-14-16-17-18-19-20-21-22-23-24-25-26-28-30-32-34-42(46)51-39(37-49-36-35-40(43(47)48)44(3,4)5)38-50-41(45)33-31-29-27-15-13-11-9-7-2/h8,10,14,16,18-19,21-22,24-25,27-30,39-40H,6-7,9,11-13,15,17,20,23,26,31-38H2,1-5H3/p+1/b10-8+,16-14+,19-18+,22-21+,25-24+,29-27+,30-28+. The van der Waals surface area contributed by atoms with Crippen molar-refractivity contribution >= 4 is 17.9 Å². The molecule has 0 bridgehead atoms. The van der Waals surface area contributed by atoms with Crippen LogP contribution in [0.4, 0.5) is 0 Å². The quantitative estimate of drug-likeness (QED) is 0.0321. The van der Waals surface area contributed by atoms with Gasteiger partial charge in [0.25, 0.3) is 0 Å². The van der Waals surface area contributed by atoms with E-state index in [-0.39, 0.29) is 43.1 Å². The van der Waals surface area contributed by atoms with Crippen LogP contribution in [0.2, 0.25) is 0 Å². The van der Waals surface area contributed by atoms with Crippen LogP contribution in [0, 0.1) is 0 Å². The van der Waals surface area contributed by atoms with Crippen molar-refractivity contribution in [2.75, 3.05) is 41.0 Å². The van der Waals surface area contributed by atoms with Crippen LogP contribution in [0.3, 0.4) is 0 Å². The number of rotatable bonds is 32. The third-order valence-corrected chi connectivity index (χ3v) is 7.81. The molecule has 0 heterocycles. The lowest BCUT2D eigenvalue weighted by molar-refractivity contribution is -0.887. The average molecular weight is 713 g/mol. The first kappa shape index (κ1) is 47.5. The zero-order valence-corrected chi connectivity index (χ0v) is 32.5. The molecule has 0 spiro atoms. The Labute approximate surface area is 310 Å². The molecular weight excluding hydrogens is 642 g/mol. The molecule has 0 saturated carbocycles. The molecule has 0 fully saturated rings. The van der Waals surface area contributed by atoms with E-state index >= 15 is 0 Å². The van der Waals surface area contributed by atoms with Crippen molar-refractivity contribution in [2.45, 2.75) is 129 Å². The fourth-order valence-electron chi connectivity index (χ4n) is 4.84. The predicted molar refractivity (Wildman–Crippen MR) is 210 cm³/mol. The molecular formula is C43H70NO7+. The zero-order chi connectivity index (χ0) is 37.8. The van der Waals surface area contributed by atoms with Gasteiger partial charge in [-0.25, -0.2) is 4.79 Å². The first-order chi connectivity index (χ1) is 24.6. The molecule has 2 unspecified atom stereocenters. The van der Waals surface area contributed by atoms with Gasteiger partial charge in [-0.3, -0.25) is 9.59 Å². The SMILES string of the molecule is CC/C=C/C/C=C/C/C=C/C/C=C/C/C=C/C/C=C/CCC(=O)OC(COCCC(C(=O)O)[N+](C)(C)C)COC(=O)CC/C=C/CCCCCC. The van der Waals surface area contributed by atoms with Gasteiger partial charge in [-0.05, 0) is 64.2 Å². The van der Waals surface area contributed by atoms with E-state index in [1.165, 1.54) is 19.3 Å². The fourth-order valence-corrected chi connectivity index (χ4v) is 4.84. The first-order valence-electron chi connectivity index (χ1n) is 19.1. The Bertz CT molecular complexity index is 1110. The summed E-state index contributed by atoms with van der Waals surface area (Å²) in [6, 6.07) is -0.634. The summed E-state index contributed by atoms with van der Waals surface area (Å²) in [5.41, 5.74) is 0. The molecule has 288 valence electrons. The van der Waals surface area contributed by atoms with Crippen LogP contribution in [0.15, 0.2) is 85.1 Å². The van der Waals surface area contributed by atoms with E-state index in [1.54, 1.807) is 0 Å². The molecule has 8 heteroatoms. The number of allylic oxidation sites excluding steroid dienone is 14. The number of likely N-dealkylation sites (N-methyl/N-ethyl adjacent to an activating group) is 1. The van der Waals surface area contributed by atoms with Gasteiger partial charge < -0.3 is 23.8 Å². The van der Waals surface area contributed by atoms with Crippen LogP contribution in [-0.2, 0) is 28.6 Å². The van der Waals surface area contributed by atoms with Crippen LogP contribution in [0.5, 0.6) is 0 Å². The second-order valence-corrected chi connectivity index (χ2v) is 13.4. The number of esters is 2. The second-order valence-electron chi connectivity index (χ2n) is 13.4. The van der Waals surface area contributed by atoms with E-state index in [2.05, 4.69) is 80.7 Å². The maximum absolute atomic E-state index is 12.6. The Morgan fingerprint density at radius 3 is 1.61 bits per heavy atom. The molecule has 0 aromatic carbocycles. The molecule has 0 aromatic heterocycles. The van der Waals surface area contributed by atoms with Crippen molar-refractivity contribution in [1.82, 2.24) is 0 Å². The number of unbranched alkanes of at least 4 members (excludes halogenated alkanes) is 4. The van der Waals surface area contributed by atoms with Crippen LogP contribution in [-0.4, -0.2) is 80.6 Å². The van der Waals surface area contributed by atoms with Gasteiger partial charge in [-0.2, -0.15) is 0 Å². The maximum atomic E-state index is 12.6. The number of aliphatic carboxylic acids is 1. The summed E-state index contributed by atoms with van der Waals surface area (Å²) in [6.45, 7) is 4.41. The number of nitrogens with zero attached hydrogens (tertiary/aromatic N) is 1. The molecule has 51 heavy (non-hydrogen) atoms. The minimum absolute atomic E-state index is 0.0140. The molecule has 1 N–H and O–H groups in total. The third kappa shape index (κ3) is 32.2. The Morgan fingerprint density at radius 1 is 0.608 bits per heavy atom. The highest BCUT2D eigenvalue weighted by Gasteiger charge is 2.31. The molecule has 0 aliphatic rings. The summed E-state index contributed by atoms with van der Waals surface area (Å²) in [7, 11) is 5.47. The van der Waals surface area contributed by atoms with Gasteiger partial charge >= 0.3 is 17.9 Å². The second kappa shape index (κ2) is 33.6. The normalized spacial score (nSPS) is 14.0. The summed E-state index contributed by atoms with van der Waals surface area (Å²) in [4.78, 5) is 36.6. The van der Waals surface area contributed by atoms with Gasteiger partial charge in [0.2, 0.25) is 0 Å². The van der Waals surface area contributed by atoms with E-state index in [9.17, 15) is 19.5 Å². The van der Waals surface area contributed by atoms with Gasteiger partial charge in [0.1, 0.15) is 6.61 Å². The Balaban J connectivity index is 4.57. The third-order valence-electron chi connectivity index (χ3n) is 7.81. The van der Waals surface area contributed by atoms with Crippen molar-refractivity contribution in [3.63, 3.8) is 0 Å². The molecule has 0 saturated heterocycles. The van der Waals surface area contributed by atoms with E-state index in [1.807, 2.05) is 39.4 Å². The zero-order valence-electron chi connectivity index (χ0n) is 32.5. The molecule has 0 aliphatic heterocycles. The number of carbonyl (C=O) groups excluding carboxylic acids is 2. The lowest BCUT2D eigenvalue weighted by Gasteiger charge is -2.31. The monoisotopic (exact) mass is 713 g/mol. The molecule has 0 rings (SSSR count). The van der Waals surface area contributed by atoms with Crippen molar-refractivity contribution in [3.05, 3.63) is 85.1 Å².